The predicted octanol–water partition coefficient (Wildman–Crippen LogP) is 1.61. The van der Waals surface area contributed by atoms with Crippen molar-refractivity contribution >= 4 is 40.7 Å². The Morgan fingerprint density at radius 3 is 2.56 bits per heavy atom. The zero-order chi connectivity index (χ0) is 12.3. The molecule has 1 unspecified atom stereocenters. The lowest BCUT2D eigenvalue weighted by atomic mass is 10.2. The quantitative estimate of drug-likeness (QED) is 0.475. The van der Waals surface area contributed by atoms with Crippen LogP contribution in [0.25, 0.3) is 0 Å². The van der Waals surface area contributed by atoms with Crippen LogP contribution in [0.4, 0.5) is 0 Å². The van der Waals surface area contributed by atoms with Gasteiger partial charge < -0.3 is 11.1 Å². The third-order valence-electron chi connectivity index (χ3n) is 2.62. The van der Waals surface area contributed by atoms with Crippen molar-refractivity contribution in [2.75, 3.05) is 6.26 Å². The third kappa shape index (κ3) is 4.93. The van der Waals surface area contributed by atoms with Crippen molar-refractivity contribution in [3.8, 4) is 0 Å². The summed E-state index contributed by atoms with van der Waals surface area (Å²) in [7, 11) is -0.922. The molecule has 1 fully saturated rings. The molecular weight excluding hydrogens is 361 g/mol. The maximum absolute atomic E-state index is 11.2. The lowest BCUT2D eigenvalue weighted by Crippen LogP contribution is -2.33. The number of rotatable bonds is 4. The van der Waals surface area contributed by atoms with Gasteiger partial charge in [-0.2, -0.15) is 0 Å². The van der Waals surface area contributed by atoms with E-state index >= 15 is 0 Å². The Morgan fingerprint density at radius 1 is 1.44 bits per heavy atom. The van der Waals surface area contributed by atoms with Crippen LogP contribution in [0.3, 0.4) is 0 Å². The number of nitrogens with two attached hydrogens (primary N) is 1. The second-order valence-corrected chi connectivity index (χ2v) is 5.60. The number of hydrogen-bond donors (Lipinski definition) is 2. The third-order valence-corrected chi connectivity index (χ3v) is 3.55. The summed E-state index contributed by atoms with van der Waals surface area (Å²) in [6, 6.07) is 8.13. The molecule has 0 saturated heterocycles. The molecule has 1 aliphatic carbocycles. The number of hydrogen-bond acceptors (Lipinski definition) is 2. The Kier molecular flexibility index (Phi) is 6.07. The van der Waals surface area contributed by atoms with Crippen molar-refractivity contribution in [1.29, 1.82) is 0 Å². The largest absolute Gasteiger partial charge is 0.370 e. The summed E-state index contributed by atoms with van der Waals surface area (Å²) in [5.74, 6) is 0.510. The van der Waals surface area contributed by atoms with Gasteiger partial charge in [0.15, 0.2) is 5.96 Å². The molecule has 0 heterocycles. The van der Waals surface area contributed by atoms with E-state index in [1.165, 1.54) is 12.8 Å². The minimum atomic E-state index is -0.922. The first-order chi connectivity index (χ1) is 8.15. The minimum Gasteiger partial charge on any atom is -0.370 e. The van der Waals surface area contributed by atoms with Crippen LogP contribution >= 0.6 is 24.0 Å². The molecule has 0 bridgehead atoms. The molecule has 0 amide bonds. The van der Waals surface area contributed by atoms with E-state index in [0.717, 1.165) is 10.5 Å². The average molecular weight is 379 g/mol. The molecule has 18 heavy (non-hydrogen) atoms. The SMILES string of the molecule is CS(=O)c1ccc(CN=C(N)NC2CC2)cc1.I. The van der Waals surface area contributed by atoms with Crippen LogP contribution < -0.4 is 11.1 Å². The Labute approximate surface area is 127 Å². The topological polar surface area (TPSA) is 67.5 Å². The first-order valence-corrected chi connectivity index (χ1v) is 7.20. The highest BCUT2D eigenvalue weighted by Gasteiger charge is 2.21. The summed E-state index contributed by atoms with van der Waals surface area (Å²) in [6.07, 6.45) is 4.05. The maximum atomic E-state index is 11.2. The van der Waals surface area contributed by atoms with Gasteiger partial charge in [-0.3, -0.25) is 4.21 Å². The van der Waals surface area contributed by atoms with Gasteiger partial charge in [0.2, 0.25) is 0 Å². The Hall–Kier alpha value is -0.630. The first-order valence-electron chi connectivity index (χ1n) is 5.64. The number of benzene rings is 1. The van der Waals surface area contributed by atoms with Crippen LogP contribution in [0, 0.1) is 0 Å². The van der Waals surface area contributed by atoms with Gasteiger partial charge in [0.05, 0.1) is 6.54 Å². The molecule has 1 aromatic carbocycles. The summed E-state index contributed by atoms with van der Waals surface area (Å²) >= 11 is 0. The minimum absolute atomic E-state index is 0. The zero-order valence-corrected chi connectivity index (χ0v) is 13.4. The predicted molar refractivity (Wildman–Crippen MR) is 85.7 cm³/mol. The van der Waals surface area contributed by atoms with Gasteiger partial charge in [0.25, 0.3) is 0 Å². The molecule has 4 nitrogen and oxygen atoms in total. The normalized spacial score (nSPS) is 16.8. The van der Waals surface area contributed by atoms with Crippen molar-refractivity contribution in [2.24, 2.45) is 10.7 Å². The summed E-state index contributed by atoms with van der Waals surface area (Å²) in [4.78, 5) is 5.09. The standard InChI is InChI=1S/C12H17N3OS.HI/c1-17(16)11-6-2-9(3-7-11)8-14-12(13)15-10-4-5-10;/h2-3,6-7,10H,4-5,8H2,1H3,(H3,13,14,15);1H. The lowest BCUT2D eigenvalue weighted by Gasteiger charge is -2.03. The summed E-state index contributed by atoms with van der Waals surface area (Å²) < 4.78 is 11.2. The van der Waals surface area contributed by atoms with Crippen LogP contribution in [0.15, 0.2) is 34.2 Å². The molecule has 6 heteroatoms. The Morgan fingerprint density at radius 2 is 2.06 bits per heavy atom. The highest BCUT2D eigenvalue weighted by molar-refractivity contribution is 14.0. The van der Waals surface area contributed by atoms with Gasteiger partial charge >= 0.3 is 0 Å². The van der Waals surface area contributed by atoms with Crippen LogP contribution in [-0.4, -0.2) is 22.5 Å². The van der Waals surface area contributed by atoms with Gasteiger partial charge in [-0.05, 0) is 30.5 Å². The number of halogens is 1. The van der Waals surface area contributed by atoms with Gasteiger partial charge in [0, 0.05) is 28.0 Å². The fourth-order valence-electron chi connectivity index (χ4n) is 1.45. The number of nitrogens with one attached hydrogen (secondary N) is 1. The molecule has 0 aliphatic heterocycles. The molecule has 100 valence electrons. The highest BCUT2D eigenvalue weighted by Crippen LogP contribution is 2.18. The van der Waals surface area contributed by atoms with Crippen molar-refractivity contribution < 1.29 is 4.21 Å². The second-order valence-electron chi connectivity index (χ2n) is 4.22. The molecule has 2 rings (SSSR count). The van der Waals surface area contributed by atoms with E-state index in [-0.39, 0.29) is 24.0 Å². The van der Waals surface area contributed by atoms with Gasteiger partial charge in [-0.25, -0.2) is 4.99 Å². The summed E-state index contributed by atoms with van der Waals surface area (Å²) in [5.41, 5.74) is 6.80. The Bertz CT molecular complexity index is 443. The number of aliphatic imine (C=N–C) groups is 1. The number of nitrogens with zero attached hydrogens (tertiary/aromatic N) is 1. The lowest BCUT2D eigenvalue weighted by molar-refractivity contribution is 0.687. The van der Waals surface area contributed by atoms with E-state index in [1.54, 1.807) is 6.26 Å². The van der Waals surface area contributed by atoms with Crippen molar-refractivity contribution in [3.63, 3.8) is 0 Å². The molecule has 0 radical (unpaired) electrons. The smallest absolute Gasteiger partial charge is 0.189 e. The van der Waals surface area contributed by atoms with E-state index in [2.05, 4.69) is 10.3 Å². The summed E-state index contributed by atoms with van der Waals surface area (Å²) in [6.45, 7) is 0.558. The molecule has 1 aromatic rings. The Balaban J connectivity index is 0.00000162. The van der Waals surface area contributed by atoms with Gasteiger partial charge in [-0.15, -0.1) is 24.0 Å². The highest BCUT2D eigenvalue weighted by atomic mass is 127. The molecule has 0 spiro atoms. The van der Waals surface area contributed by atoms with Crippen molar-refractivity contribution in [3.05, 3.63) is 29.8 Å². The molecule has 1 atom stereocenters. The second kappa shape index (κ2) is 7.08. The van der Waals surface area contributed by atoms with E-state index in [4.69, 9.17) is 5.73 Å². The van der Waals surface area contributed by atoms with Crippen molar-refractivity contribution in [2.45, 2.75) is 30.3 Å². The molecule has 0 aromatic heterocycles. The first kappa shape index (κ1) is 15.4. The van der Waals surface area contributed by atoms with Gasteiger partial charge in [-0.1, -0.05) is 12.1 Å². The van der Waals surface area contributed by atoms with Crippen LogP contribution in [0.1, 0.15) is 18.4 Å². The molecular formula is C12H18IN3OS. The van der Waals surface area contributed by atoms with E-state index in [0.29, 0.717) is 18.5 Å². The fourth-order valence-corrected chi connectivity index (χ4v) is 1.96. The van der Waals surface area contributed by atoms with E-state index in [1.807, 2.05) is 24.3 Å². The van der Waals surface area contributed by atoms with Crippen LogP contribution in [-0.2, 0) is 17.3 Å². The zero-order valence-electron chi connectivity index (χ0n) is 10.3. The van der Waals surface area contributed by atoms with Gasteiger partial charge in [0.1, 0.15) is 0 Å². The maximum Gasteiger partial charge on any atom is 0.189 e. The van der Waals surface area contributed by atoms with Crippen LogP contribution in [0.5, 0.6) is 0 Å². The summed E-state index contributed by atoms with van der Waals surface area (Å²) in [5, 5.41) is 3.13. The molecule has 1 saturated carbocycles. The van der Waals surface area contributed by atoms with E-state index in [9.17, 15) is 4.21 Å². The monoisotopic (exact) mass is 379 g/mol. The molecule has 3 N–H and O–H groups in total. The fraction of sp³-hybridized carbons (Fsp3) is 0.417. The molecule has 1 aliphatic rings. The average Bonchev–Trinajstić information content (AvgIpc) is 3.11. The number of guanidine groups is 1. The van der Waals surface area contributed by atoms with Crippen molar-refractivity contribution in [1.82, 2.24) is 5.32 Å². The van der Waals surface area contributed by atoms with Crippen LogP contribution in [0.2, 0.25) is 0 Å². The van der Waals surface area contributed by atoms with E-state index < -0.39 is 10.8 Å².